The second-order valence-electron chi connectivity index (χ2n) is 3.41. The Hall–Kier alpha value is -1.56. The topological polar surface area (TPSA) is 45.8 Å². The fourth-order valence-electron chi connectivity index (χ4n) is 1.52. The van der Waals surface area contributed by atoms with Crippen molar-refractivity contribution in [1.82, 2.24) is 4.57 Å². The van der Waals surface area contributed by atoms with Gasteiger partial charge in [0.25, 0.3) is 5.56 Å². The summed E-state index contributed by atoms with van der Waals surface area (Å²) in [5.74, 6) is 0. The molecule has 0 bridgehead atoms. The number of nitrogens with zero attached hydrogens (tertiary/aromatic N) is 2. The second-order valence-corrected chi connectivity index (χ2v) is 3.41. The zero-order chi connectivity index (χ0) is 9.42. The normalized spacial score (nSPS) is 15.4. The van der Waals surface area contributed by atoms with E-state index in [4.69, 9.17) is 5.26 Å². The Morgan fingerprint density at radius 3 is 2.77 bits per heavy atom. The molecule has 0 unspecified atom stereocenters. The standard InChI is InChI=1S/C10H10N2O/c1-7-2-3-8(6-11)10(13)12(7)9-4-5-9/h2-3,9H,4-5H2,1H3. The van der Waals surface area contributed by atoms with Crippen LogP contribution in [0.4, 0.5) is 0 Å². The van der Waals surface area contributed by atoms with Crippen molar-refractivity contribution in [1.29, 1.82) is 5.26 Å². The van der Waals surface area contributed by atoms with Crippen LogP contribution in [-0.4, -0.2) is 4.57 Å². The fourth-order valence-corrected chi connectivity index (χ4v) is 1.52. The molecule has 66 valence electrons. The van der Waals surface area contributed by atoms with E-state index in [1.54, 1.807) is 10.6 Å². The van der Waals surface area contributed by atoms with E-state index in [0.717, 1.165) is 18.5 Å². The molecule has 1 saturated carbocycles. The molecule has 2 rings (SSSR count). The molecule has 0 spiro atoms. The third-order valence-electron chi connectivity index (χ3n) is 2.35. The molecule has 1 aromatic heterocycles. The molecule has 0 amide bonds. The number of aromatic nitrogens is 1. The molecule has 1 heterocycles. The molecular weight excluding hydrogens is 164 g/mol. The van der Waals surface area contributed by atoms with Crippen LogP contribution in [0.1, 0.15) is 30.1 Å². The lowest BCUT2D eigenvalue weighted by Gasteiger charge is -2.07. The highest BCUT2D eigenvalue weighted by Crippen LogP contribution is 2.34. The average Bonchev–Trinajstić information content (AvgIpc) is 2.89. The summed E-state index contributed by atoms with van der Waals surface area (Å²) >= 11 is 0. The highest BCUT2D eigenvalue weighted by molar-refractivity contribution is 5.28. The quantitative estimate of drug-likeness (QED) is 0.645. The van der Waals surface area contributed by atoms with Crippen molar-refractivity contribution < 1.29 is 0 Å². The molecule has 1 aliphatic rings. The van der Waals surface area contributed by atoms with Gasteiger partial charge in [-0.25, -0.2) is 0 Å². The van der Waals surface area contributed by atoms with E-state index in [-0.39, 0.29) is 11.1 Å². The summed E-state index contributed by atoms with van der Waals surface area (Å²) in [6.45, 7) is 1.90. The second kappa shape index (κ2) is 2.74. The molecule has 1 aliphatic carbocycles. The van der Waals surface area contributed by atoms with Gasteiger partial charge in [0, 0.05) is 11.7 Å². The summed E-state index contributed by atoms with van der Waals surface area (Å²) in [4.78, 5) is 11.6. The van der Waals surface area contributed by atoms with Gasteiger partial charge in [-0.15, -0.1) is 0 Å². The molecular formula is C10H10N2O. The van der Waals surface area contributed by atoms with Crippen LogP contribution in [0.25, 0.3) is 0 Å². The maximum absolute atomic E-state index is 11.6. The van der Waals surface area contributed by atoms with Gasteiger partial charge >= 0.3 is 0 Å². The molecule has 3 heteroatoms. The Balaban J connectivity index is 2.65. The summed E-state index contributed by atoms with van der Waals surface area (Å²) in [6.07, 6.45) is 2.13. The minimum atomic E-state index is -0.134. The van der Waals surface area contributed by atoms with Gasteiger partial charge in [-0.05, 0) is 31.9 Å². The van der Waals surface area contributed by atoms with Crippen LogP contribution >= 0.6 is 0 Å². The van der Waals surface area contributed by atoms with E-state index in [0.29, 0.717) is 6.04 Å². The summed E-state index contributed by atoms with van der Waals surface area (Å²) in [5.41, 5.74) is 1.06. The molecule has 13 heavy (non-hydrogen) atoms. The van der Waals surface area contributed by atoms with Gasteiger partial charge in [0.2, 0.25) is 0 Å². The van der Waals surface area contributed by atoms with Crippen LogP contribution in [0.2, 0.25) is 0 Å². The van der Waals surface area contributed by atoms with Crippen molar-refractivity contribution in [2.24, 2.45) is 0 Å². The van der Waals surface area contributed by atoms with Crippen molar-refractivity contribution in [3.63, 3.8) is 0 Å². The van der Waals surface area contributed by atoms with Crippen molar-refractivity contribution >= 4 is 0 Å². The van der Waals surface area contributed by atoms with Gasteiger partial charge in [0.05, 0.1) is 0 Å². The zero-order valence-corrected chi connectivity index (χ0v) is 7.45. The van der Waals surface area contributed by atoms with Crippen molar-refractivity contribution in [2.45, 2.75) is 25.8 Å². The lowest BCUT2D eigenvalue weighted by Crippen LogP contribution is -2.23. The summed E-state index contributed by atoms with van der Waals surface area (Å²) in [7, 11) is 0. The van der Waals surface area contributed by atoms with E-state index >= 15 is 0 Å². The smallest absolute Gasteiger partial charge is 0.268 e. The summed E-state index contributed by atoms with van der Waals surface area (Å²) < 4.78 is 1.73. The fraction of sp³-hybridized carbons (Fsp3) is 0.400. The lowest BCUT2D eigenvalue weighted by molar-refractivity contribution is 0.680. The largest absolute Gasteiger partial charge is 0.309 e. The predicted molar refractivity (Wildman–Crippen MR) is 48.4 cm³/mol. The van der Waals surface area contributed by atoms with E-state index < -0.39 is 0 Å². The van der Waals surface area contributed by atoms with Gasteiger partial charge < -0.3 is 4.57 Å². The van der Waals surface area contributed by atoms with Crippen LogP contribution in [0.15, 0.2) is 16.9 Å². The number of aryl methyl sites for hydroxylation is 1. The van der Waals surface area contributed by atoms with E-state index in [9.17, 15) is 4.79 Å². The summed E-state index contributed by atoms with van der Waals surface area (Å²) in [5, 5.41) is 8.67. The van der Waals surface area contributed by atoms with Gasteiger partial charge in [-0.1, -0.05) is 0 Å². The molecule has 0 aromatic carbocycles. The third-order valence-corrected chi connectivity index (χ3v) is 2.35. The summed E-state index contributed by atoms with van der Waals surface area (Å²) in [6, 6.07) is 5.69. The molecule has 1 fully saturated rings. The monoisotopic (exact) mass is 174 g/mol. The van der Waals surface area contributed by atoms with Crippen LogP contribution in [0.5, 0.6) is 0 Å². The van der Waals surface area contributed by atoms with Crippen LogP contribution < -0.4 is 5.56 Å². The number of hydrogen-bond acceptors (Lipinski definition) is 2. The van der Waals surface area contributed by atoms with E-state index in [1.807, 2.05) is 19.1 Å². The number of rotatable bonds is 1. The van der Waals surface area contributed by atoms with Gasteiger partial charge in [0.15, 0.2) is 0 Å². The van der Waals surface area contributed by atoms with Crippen LogP contribution in [-0.2, 0) is 0 Å². The molecule has 0 atom stereocenters. The van der Waals surface area contributed by atoms with Crippen molar-refractivity contribution in [3.05, 3.63) is 33.7 Å². The first-order chi connectivity index (χ1) is 6.24. The first kappa shape index (κ1) is 8.06. The Labute approximate surface area is 76.2 Å². The first-order valence-electron chi connectivity index (χ1n) is 4.36. The molecule has 0 aliphatic heterocycles. The third kappa shape index (κ3) is 1.25. The predicted octanol–water partition coefficient (Wildman–Crippen LogP) is 1.36. The Kier molecular flexibility index (Phi) is 1.70. The average molecular weight is 174 g/mol. The maximum atomic E-state index is 11.6. The number of hydrogen-bond donors (Lipinski definition) is 0. The highest BCUT2D eigenvalue weighted by Gasteiger charge is 2.26. The van der Waals surface area contributed by atoms with Gasteiger partial charge in [0.1, 0.15) is 11.6 Å². The highest BCUT2D eigenvalue weighted by atomic mass is 16.1. The Morgan fingerprint density at radius 2 is 2.23 bits per heavy atom. The number of pyridine rings is 1. The molecule has 1 aromatic rings. The first-order valence-corrected chi connectivity index (χ1v) is 4.36. The minimum Gasteiger partial charge on any atom is -0.309 e. The molecule has 0 saturated heterocycles. The maximum Gasteiger partial charge on any atom is 0.268 e. The van der Waals surface area contributed by atoms with Crippen LogP contribution in [0, 0.1) is 18.3 Å². The molecule has 0 N–H and O–H groups in total. The molecule has 0 radical (unpaired) electrons. The van der Waals surface area contributed by atoms with Gasteiger partial charge in [-0.2, -0.15) is 5.26 Å². The SMILES string of the molecule is Cc1ccc(C#N)c(=O)n1C1CC1. The van der Waals surface area contributed by atoms with Crippen molar-refractivity contribution in [3.8, 4) is 6.07 Å². The van der Waals surface area contributed by atoms with E-state index in [1.165, 1.54) is 0 Å². The lowest BCUT2D eigenvalue weighted by atomic mass is 10.2. The van der Waals surface area contributed by atoms with Crippen molar-refractivity contribution in [2.75, 3.05) is 0 Å². The van der Waals surface area contributed by atoms with Crippen LogP contribution in [0.3, 0.4) is 0 Å². The molecule has 3 nitrogen and oxygen atoms in total. The van der Waals surface area contributed by atoms with E-state index in [2.05, 4.69) is 0 Å². The number of nitriles is 1. The minimum absolute atomic E-state index is 0.134. The van der Waals surface area contributed by atoms with Gasteiger partial charge in [-0.3, -0.25) is 4.79 Å². The Bertz CT molecular complexity index is 435. The Morgan fingerprint density at radius 1 is 1.54 bits per heavy atom. The zero-order valence-electron chi connectivity index (χ0n) is 7.45.